The normalized spacial score (nSPS) is 11.1. The molecule has 0 saturated heterocycles. The molecule has 0 fully saturated rings. The van der Waals surface area contributed by atoms with Crippen molar-refractivity contribution in [3.05, 3.63) is 101 Å². The van der Waals surface area contributed by atoms with Gasteiger partial charge < -0.3 is 4.84 Å². The van der Waals surface area contributed by atoms with Gasteiger partial charge in [0.1, 0.15) is 5.71 Å². The molecule has 0 bridgehead atoms. The molecule has 0 unspecified atom stereocenters. The Kier molecular flexibility index (Phi) is 4.77. The summed E-state index contributed by atoms with van der Waals surface area (Å²) >= 11 is 0. The van der Waals surface area contributed by atoms with Crippen molar-refractivity contribution in [2.75, 3.05) is 0 Å². The van der Waals surface area contributed by atoms with Crippen molar-refractivity contribution >= 4 is 11.7 Å². The maximum Gasteiger partial charge on any atom is 0.365 e. The van der Waals surface area contributed by atoms with Crippen LogP contribution in [0.4, 0.5) is 0 Å². The highest BCUT2D eigenvalue weighted by Gasteiger charge is 2.11. The van der Waals surface area contributed by atoms with Gasteiger partial charge in [-0.3, -0.25) is 4.98 Å². The minimum absolute atomic E-state index is 0.464. The van der Waals surface area contributed by atoms with Crippen LogP contribution in [0.25, 0.3) is 0 Å². The van der Waals surface area contributed by atoms with Gasteiger partial charge in [0.05, 0.1) is 5.56 Å². The van der Waals surface area contributed by atoms with Gasteiger partial charge in [0.15, 0.2) is 0 Å². The molecule has 0 aliphatic carbocycles. The Morgan fingerprint density at radius 2 is 1.46 bits per heavy atom. The van der Waals surface area contributed by atoms with Crippen molar-refractivity contribution in [3.63, 3.8) is 0 Å². The number of aromatic nitrogens is 1. The molecule has 4 heteroatoms. The minimum atomic E-state index is -0.488. The van der Waals surface area contributed by atoms with Crippen LogP contribution in [0.5, 0.6) is 0 Å². The fourth-order valence-corrected chi connectivity index (χ4v) is 2.21. The molecule has 118 valence electrons. The van der Waals surface area contributed by atoms with Crippen LogP contribution in [0.1, 0.15) is 27.0 Å². The molecule has 0 N–H and O–H groups in total. The molecule has 0 saturated carbocycles. The Bertz CT molecular complexity index is 800. The summed E-state index contributed by atoms with van der Waals surface area (Å²) in [5, 5.41) is 4.10. The van der Waals surface area contributed by atoms with E-state index in [2.05, 4.69) is 10.1 Å². The van der Waals surface area contributed by atoms with E-state index in [0.717, 1.165) is 16.7 Å². The van der Waals surface area contributed by atoms with Crippen molar-refractivity contribution in [1.29, 1.82) is 0 Å². The second-order valence-electron chi connectivity index (χ2n) is 5.29. The molecule has 4 nitrogen and oxygen atoms in total. The van der Waals surface area contributed by atoms with Gasteiger partial charge in [0, 0.05) is 23.5 Å². The predicted octanol–water partition coefficient (Wildman–Crippen LogP) is 4.00. The fourth-order valence-electron chi connectivity index (χ4n) is 2.21. The van der Waals surface area contributed by atoms with Crippen LogP contribution in [0.2, 0.25) is 0 Å². The monoisotopic (exact) mass is 316 g/mol. The average Bonchev–Trinajstić information content (AvgIpc) is 2.64. The molecule has 0 aliphatic rings. The lowest BCUT2D eigenvalue weighted by molar-refractivity contribution is 0.0517. The lowest BCUT2D eigenvalue weighted by atomic mass is 10.0. The summed E-state index contributed by atoms with van der Waals surface area (Å²) in [6, 6.07) is 20.4. The van der Waals surface area contributed by atoms with Crippen LogP contribution in [-0.2, 0) is 4.84 Å². The molecule has 0 spiro atoms. The summed E-state index contributed by atoms with van der Waals surface area (Å²) in [6.07, 6.45) is 3.35. The van der Waals surface area contributed by atoms with E-state index in [1.54, 1.807) is 24.5 Å². The number of benzene rings is 2. The number of rotatable bonds is 4. The van der Waals surface area contributed by atoms with Crippen LogP contribution < -0.4 is 0 Å². The smallest absolute Gasteiger partial charge is 0.312 e. The average molecular weight is 316 g/mol. The first-order valence-electron chi connectivity index (χ1n) is 7.56. The van der Waals surface area contributed by atoms with Gasteiger partial charge in [0.2, 0.25) is 0 Å². The fraction of sp³-hybridized carbons (Fsp3) is 0.0500. The molecule has 1 heterocycles. The van der Waals surface area contributed by atoms with Gasteiger partial charge in [-0.05, 0) is 31.2 Å². The van der Waals surface area contributed by atoms with Crippen molar-refractivity contribution in [2.45, 2.75) is 6.92 Å². The summed E-state index contributed by atoms with van der Waals surface area (Å²) in [4.78, 5) is 21.4. The number of pyridine rings is 1. The number of aryl methyl sites for hydroxylation is 1. The molecule has 0 radical (unpaired) electrons. The second kappa shape index (κ2) is 7.33. The van der Waals surface area contributed by atoms with Crippen LogP contribution in [0, 0.1) is 6.92 Å². The zero-order chi connectivity index (χ0) is 16.8. The van der Waals surface area contributed by atoms with Crippen LogP contribution >= 0.6 is 0 Å². The SMILES string of the molecule is Cc1ccc(C(=O)ON=C(c2ccccc2)c2ccncc2)cc1. The van der Waals surface area contributed by atoms with Crippen LogP contribution in [-0.4, -0.2) is 16.7 Å². The topological polar surface area (TPSA) is 51.5 Å². The molecular formula is C20H16N2O2. The van der Waals surface area contributed by atoms with Crippen LogP contribution in [0.3, 0.4) is 0 Å². The van der Waals surface area contributed by atoms with Gasteiger partial charge >= 0.3 is 5.97 Å². The van der Waals surface area contributed by atoms with E-state index in [9.17, 15) is 4.79 Å². The number of carbonyl (C=O) groups excluding carboxylic acids is 1. The van der Waals surface area contributed by atoms with E-state index in [4.69, 9.17) is 4.84 Å². The molecule has 0 atom stereocenters. The number of hydrogen-bond acceptors (Lipinski definition) is 4. The first-order valence-corrected chi connectivity index (χ1v) is 7.56. The predicted molar refractivity (Wildman–Crippen MR) is 92.9 cm³/mol. The molecule has 1 aromatic heterocycles. The zero-order valence-corrected chi connectivity index (χ0v) is 13.2. The minimum Gasteiger partial charge on any atom is -0.312 e. The third-order valence-electron chi connectivity index (χ3n) is 3.51. The summed E-state index contributed by atoms with van der Waals surface area (Å²) in [7, 11) is 0. The van der Waals surface area contributed by atoms with Gasteiger partial charge in [-0.25, -0.2) is 4.79 Å². The van der Waals surface area contributed by atoms with Crippen molar-refractivity contribution in [1.82, 2.24) is 4.98 Å². The Morgan fingerprint density at radius 1 is 0.833 bits per heavy atom. The van der Waals surface area contributed by atoms with Crippen LogP contribution in [0.15, 0.2) is 84.3 Å². The van der Waals surface area contributed by atoms with E-state index in [-0.39, 0.29) is 0 Å². The summed E-state index contributed by atoms with van der Waals surface area (Å²) in [6.45, 7) is 1.96. The van der Waals surface area contributed by atoms with E-state index in [1.807, 2.05) is 61.5 Å². The largest absolute Gasteiger partial charge is 0.365 e. The Labute approximate surface area is 140 Å². The van der Waals surface area contributed by atoms with Crippen molar-refractivity contribution in [2.24, 2.45) is 5.16 Å². The lowest BCUT2D eigenvalue weighted by Gasteiger charge is -2.06. The lowest BCUT2D eigenvalue weighted by Crippen LogP contribution is -2.08. The second-order valence-corrected chi connectivity index (χ2v) is 5.29. The van der Waals surface area contributed by atoms with E-state index >= 15 is 0 Å². The Balaban J connectivity index is 1.90. The highest BCUT2D eigenvalue weighted by Crippen LogP contribution is 2.12. The summed E-state index contributed by atoms with van der Waals surface area (Å²) in [5.74, 6) is -0.488. The third kappa shape index (κ3) is 3.73. The first-order chi connectivity index (χ1) is 11.7. The molecule has 3 rings (SSSR count). The molecule has 24 heavy (non-hydrogen) atoms. The van der Waals surface area contributed by atoms with Gasteiger partial charge in [0.25, 0.3) is 0 Å². The van der Waals surface area contributed by atoms with E-state index in [0.29, 0.717) is 11.3 Å². The molecular weight excluding hydrogens is 300 g/mol. The van der Waals surface area contributed by atoms with Crippen molar-refractivity contribution in [3.8, 4) is 0 Å². The molecule has 2 aromatic carbocycles. The van der Waals surface area contributed by atoms with Gasteiger partial charge in [-0.1, -0.05) is 53.2 Å². The number of carbonyl (C=O) groups is 1. The molecule has 0 amide bonds. The number of hydrogen-bond donors (Lipinski definition) is 0. The number of oxime groups is 1. The third-order valence-corrected chi connectivity index (χ3v) is 3.51. The van der Waals surface area contributed by atoms with Gasteiger partial charge in [-0.2, -0.15) is 0 Å². The highest BCUT2D eigenvalue weighted by atomic mass is 16.7. The quantitative estimate of drug-likeness (QED) is 0.415. The van der Waals surface area contributed by atoms with E-state index < -0.39 is 5.97 Å². The molecule has 0 aliphatic heterocycles. The maximum absolute atomic E-state index is 12.2. The summed E-state index contributed by atoms with van der Waals surface area (Å²) in [5.41, 5.74) is 3.81. The van der Waals surface area contributed by atoms with E-state index in [1.165, 1.54) is 0 Å². The Hall–Kier alpha value is -3.27. The highest BCUT2D eigenvalue weighted by molar-refractivity contribution is 6.12. The van der Waals surface area contributed by atoms with Crippen molar-refractivity contribution < 1.29 is 9.63 Å². The maximum atomic E-state index is 12.2. The summed E-state index contributed by atoms with van der Waals surface area (Å²) < 4.78 is 0. The first kappa shape index (κ1) is 15.6. The number of nitrogens with zero attached hydrogens (tertiary/aromatic N) is 2. The standard InChI is InChI=1S/C20H16N2O2/c1-15-7-9-18(10-8-15)20(23)24-22-19(16-5-3-2-4-6-16)17-11-13-21-14-12-17/h2-14H,1H3. The molecule has 3 aromatic rings. The van der Waals surface area contributed by atoms with Gasteiger partial charge in [-0.15, -0.1) is 0 Å². The zero-order valence-electron chi connectivity index (χ0n) is 13.2. The Morgan fingerprint density at radius 3 is 2.12 bits per heavy atom.